The van der Waals surface area contributed by atoms with Gasteiger partial charge in [0.25, 0.3) is 0 Å². The summed E-state index contributed by atoms with van der Waals surface area (Å²) in [6.45, 7) is 1.64. The predicted octanol–water partition coefficient (Wildman–Crippen LogP) is -0.150. The number of carbonyl (C=O) groups is 1. The fourth-order valence-corrected chi connectivity index (χ4v) is 0.727. The summed E-state index contributed by atoms with van der Waals surface area (Å²) in [5.41, 5.74) is 0.794. The number of ether oxygens (including phenoxy) is 1. The molecule has 0 radical (unpaired) electrons. The molecule has 1 N–H and O–H groups in total. The number of esters is 1. The third-order valence-corrected chi connectivity index (χ3v) is 1.28. The Bertz CT molecular complexity index is 160. The SMILES string of the molecule is CC1=CC(=O)OC1CO. The lowest BCUT2D eigenvalue weighted by Crippen LogP contribution is -2.14. The van der Waals surface area contributed by atoms with Gasteiger partial charge in [-0.3, -0.25) is 0 Å². The van der Waals surface area contributed by atoms with Crippen LogP contribution in [-0.2, 0) is 9.53 Å². The number of hydrogen-bond acceptors (Lipinski definition) is 3. The van der Waals surface area contributed by atoms with Gasteiger partial charge >= 0.3 is 5.97 Å². The Hall–Kier alpha value is -0.830. The molecule has 0 aromatic rings. The van der Waals surface area contributed by atoms with Crippen molar-refractivity contribution in [1.82, 2.24) is 0 Å². The summed E-state index contributed by atoms with van der Waals surface area (Å²) in [5, 5.41) is 8.54. The molecule has 3 heteroatoms. The van der Waals surface area contributed by atoms with Crippen molar-refractivity contribution >= 4 is 5.97 Å². The molecule has 0 fully saturated rings. The van der Waals surface area contributed by atoms with E-state index in [-0.39, 0.29) is 12.6 Å². The van der Waals surface area contributed by atoms with E-state index in [0.717, 1.165) is 5.57 Å². The highest BCUT2D eigenvalue weighted by atomic mass is 16.6. The molecule has 1 unspecified atom stereocenters. The molecule has 9 heavy (non-hydrogen) atoms. The van der Waals surface area contributed by atoms with Crippen LogP contribution in [0.25, 0.3) is 0 Å². The number of rotatable bonds is 1. The lowest BCUT2D eigenvalue weighted by Gasteiger charge is -2.05. The first-order valence-corrected chi connectivity index (χ1v) is 2.73. The molecule has 1 aliphatic heterocycles. The second kappa shape index (κ2) is 2.19. The second-order valence-electron chi connectivity index (χ2n) is 2.00. The molecular weight excluding hydrogens is 120 g/mol. The molecular formula is C6H8O3. The number of carbonyl (C=O) groups excluding carboxylic acids is 1. The number of cyclic esters (lactones) is 1. The molecule has 1 heterocycles. The minimum absolute atomic E-state index is 0.117. The smallest absolute Gasteiger partial charge is 0.331 e. The van der Waals surface area contributed by atoms with Gasteiger partial charge in [0.05, 0.1) is 6.61 Å². The summed E-state index contributed by atoms with van der Waals surface area (Å²) in [7, 11) is 0. The Morgan fingerprint density at radius 1 is 1.89 bits per heavy atom. The van der Waals surface area contributed by atoms with Crippen LogP contribution in [0.5, 0.6) is 0 Å². The standard InChI is InChI=1S/C6H8O3/c1-4-2-6(8)9-5(4)3-7/h2,5,7H,3H2,1H3. The average Bonchev–Trinajstić information content (AvgIpc) is 2.10. The van der Waals surface area contributed by atoms with Gasteiger partial charge in [-0.2, -0.15) is 0 Å². The van der Waals surface area contributed by atoms with E-state index in [4.69, 9.17) is 5.11 Å². The Kier molecular flexibility index (Phi) is 1.53. The maximum atomic E-state index is 10.4. The van der Waals surface area contributed by atoms with Gasteiger partial charge in [-0.15, -0.1) is 0 Å². The predicted molar refractivity (Wildman–Crippen MR) is 30.7 cm³/mol. The molecule has 50 valence electrons. The first kappa shape index (κ1) is 6.29. The van der Waals surface area contributed by atoms with Crippen LogP contribution in [0.4, 0.5) is 0 Å². The molecule has 1 atom stereocenters. The quantitative estimate of drug-likeness (QED) is 0.499. The van der Waals surface area contributed by atoms with Crippen LogP contribution in [0, 0.1) is 0 Å². The van der Waals surface area contributed by atoms with Crippen LogP contribution in [0.15, 0.2) is 11.6 Å². The van der Waals surface area contributed by atoms with Crippen LogP contribution in [0.3, 0.4) is 0 Å². The Labute approximate surface area is 52.9 Å². The van der Waals surface area contributed by atoms with Gasteiger partial charge in [0.1, 0.15) is 6.10 Å². The van der Waals surface area contributed by atoms with Gasteiger partial charge in [-0.1, -0.05) is 0 Å². The first-order chi connectivity index (χ1) is 4.24. The third-order valence-electron chi connectivity index (χ3n) is 1.28. The van der Waals surface area contributed by atoms with Gasteiger partial charge < -0.3 is 9.84 Å². The molecule has 0 saturated carbocycles. The molecule has 1 rings (SSSR count). The van der Waals surface area contributed by atoms with Crippen LogP contribution in [0.1, 0.15) is 6.92 Å². The van der Waals surface area contributed by atoms with Crippen molar-refractivity contribution in [1.29, 1.82) is 0 Å². The topological polar surface area (TPSA) is 46.5 Å². The molecule has 0 saturated heterocycles. The van der Waals surface area contributed by atoms with Crippen molar-refractivity contribution in [3.05, 3.63) is 11.6 Å². The van der Waals surface area contributed by atoms with Gasteiger partial charge in [-0.05, 0) is 12.5 Å². The number of hydrogen-bond donors (Lipinski definition) is 1. The summed E-state index contributed by atoms with van der Waals surface area (Å²) < 4.78 is 4.64. The largest absolute Gasteiger partial charge is 0.452 e. The Morgan fingerprint density at radius 2 is 2.56 bits per heavy atom. The van der Waals surface area contributed by atoms with Gasteiger partial charge in [0, 0.05) is 6.08 Å². The monoisotopic (exact) mass is 128 g/mol. The number of aliphatic hydroxyl groups excluding tert-OH is 1. The average molecular weight is 128 g/mol. The summed E-state index contributed by atoms with van der Waals surface area (Å²) in [6, 6.07) is 0. The van der Waals surface area contributed by atoms with E-state index in [1.54, 1.807) is 6.92 Å². The highest BCUT2D eigenvalue weighted by Crippen LogP contribution is 2.12. The van der Waals surface area contributed by atoms with E-state index in [9.17, 15) is 4.79 Å². The van der Waals surface area contributed by atoms with E-state index < -0.39 is 6.10 Å². The zero-order valence-corrected chi connectivity index (χ0v) is 5.13. The zero-order chi connectivity index (χ0) is 6.85. The normalized spacial score (nSPS) is 25.8. The maximum absolute atomic E-state index is 10.4. The summed E-state index contributed by atoms with van der Waals surface area (Å²) in [4.78, 5) is 10.4. The number of aliphatic hydroxyl groups is 1. The van der Waals surface area contributed by atoms with E-state index in [1.165, 1.54) is 6.08 Å². The summed E-state index contributed by atoms with van der Waals surface area (Å²) in [6.07, 6.45) is 0.999. The van der Waals surface area contributed by atoms with Crippen molar-refractivity contribution in [2.24, 2.45) is 0 Å². The van der Waals surface area contributed by atoms with Crippen molar-refractivity contribution in [3.8, 4) is 0 Å². The molecule has 0 amide bonds. The molecule has 3 nitrogen and oxygen atoms in total. The molecule has 0 spiro atoms. The molecule has 0 bridgehead atoms. The van der Waals surface area contributed by atoms with Gasteiger partial charge in [0.2, 0.25) is 0 Å². The fourth-order valence-electron chi connectivity index (χ4n) is 0.727. The van der Waals surface area contributed by atoms with Crippen molar-refractivity contribution < 1.29 is 14.6 Å². The second-order valence-corrected chi connectivity index (χ2v) is 2.00. The Balaban J connectivity index is 2.64. The highest BCUT2D eigenvalue weighted by molar-refractivity contribution is 5.85. The van der Waals surface area contributed by atoms with Crippen LogP contribution < -0.4 is 0 Å². The Morgan fingerprint density at radius 3 is 2.78 bits per heavy atom. The van der Waals surface area contributed by atoms with E-state index in [1.807, 2.05) is 0 Å². The lowest BCUT2D eigenvalue weighted by molar-refractivity contribution is -0.140. The van der Waals surface area contributed by atoms with Gasteiger partial charge in [-0.25, -0.2) is 4.79 Å². The van der Waals surface area contributed by atoms with Crippen molar-refractivity contribution in [2.75, 3.05) is 6.61 Å². The maximum Gasteiger partial charge on any atom is 0.331 e. The lowest BCUT2D eigenvalue weighted by atomic mass is 10.2. The highest BCUT2D eigenvalue weighted by Gasteiger charge is 2.20. The van der Waals surface area contributed by atoms with Crippen molar-refractivity contribution in [3.63, 3.8) is 0 Å². The zero-order valence-electron chi connectivity index (χ0n) is 5.13. The minimum Gasteiger partial charge on any atom is -0.452 e. The first-order valence-electron chi connectivity index (χ1n) is 2.73. The van der Waals surface area contributed by atoms with E-state index in [2.05, 4.69) is 4.74 Å². The van der Waals surface area contributed by atoms with Crippen LogP contribution in [-0.4, -0.2) is 23.8 Å². The summed E-state index contributed by atoms with van der Waals surface area (Å²) >= 11 is 0. The van der Waals surface area contributed by atoms with Crippen LogP contribution >= 0.6 is 0 Å². The minimum atomic E-state index is -0.391. The van der Waals surface area contributed by atoms with Crippen molar-refractivity contribution in [2.45, 2.75) is 13.0 Å². The molecule has 0 aliphatic carbocycles. The van der Waals surface area contributed by atoms with Gasteiger partial charge in [0.15, 0.2) is 0 Å². The van der Waals surface area contributed by atoms with Crippen LogP contribution in [0.2, 0.25) is 0 Å². The molecule has 0 aromatic carbocycles. The summed E-state index contributed by atoms with van der Waals surface area (Å²) in [5.74, 6) is -0.355. The van der Waals surface area contributed by atoms with E-state index in [0.29, 0.717) is 0 Å². The third kappa shape index (κ3) is 1.10. The van der Waals surface area contributed by atoms with E-state index >= 15 is 0 Å². The molecule has 0 aromatic heterocycles. The fraction of sp³-hybridized carbons (Fsp3) is 0.500. The molecule has 1 aliphatic rings.